The van der Waals surface area contributed by atoms with Gasteiger partial charge in [-0.25, -0.2) is 4.52 Å². The fraction of sp³-hybridized carbons (Fsp3) is 0.143. The molecule has 0 radical (unpaired) electrons. The molecule has 0 atom stereocenters. The number of fused-ring (bicyclic) bond motifs is 2. The van der Waals surface area contributed by atoms with E-state index in [2.05, 4.69) is 20.6 Å². The van der Waals surface area contributed by atoms with E-state index in [1.165, 1.54) is 23.5 Å². The van der Waals surface area contributed by atoms with Gasteiger partial charge in [-0.1, -0.05) is 11.2 Å². The van der Waals surface area contributed by atoms with Gasteiger partial charge >= 0.3 is 0 Å². The summed E-state index contributed by atoms with van der Waals surface area (Å²) in [6.07, 6.45) is 0.0268. The number of carbonyl (C=O) groups excluding carboxylic acids is 1. The van der Waals surface area contributed by atoms with E-state index in [4.69, 9.17) is 4.52 Å². The lowest BCUT2D eigenvalue weighted by Gasteiger charge is -2.01. The van der Waals surface area contributed by atoms with Crippen LogP contribution >= 0.6 is 11.3 Å². The van der Waals surface area contributed by atoms with Crippen LogP contribution in [0.2, 0.25) is 0 Å². The summed E-state index contributed by atoms with van der Waals surface area (Å²) in [5.74, 6) is -0.138. The lowest BCUT2D eigenvalue weighted by Crippen LogP contribution is -2.16. The summed E-state index contributed by atoms with van der Waals surface area (Å²) >= 11 is 1.35. The van der Waals surface area contributed by atoms with Crippen LogP contribution in [-0.4, -0.2) is 30.6 Å². The lowest BCUT2D eigenvalue weighted by atomic mass is 10.0. The van der Waals surface area contributed by atoms with Crippen LogP contribution in [0.5, 0.6) is 0 Å². The molecule has 0 spiro atoms. The Morgan fingerprint density at radius 2 is 2.03 bits per heavy atom. The summed E-state index contributed by atoms with van der Waals surface area (Å²) in [6, 6.07) is 10.1. The number of non-ortho nitro benzene ring substituents is 1. The first-order valence-corrected chi connectivity index (χ1v) is 10.5. The topological polar surface area (TPSA) is 128 Å². The number of anilines is 1. The monoisotopic (exact) mass is 448 g/mol. The molecule has 0 saturated heterocycles. The molecule has 0 saturated carbocycles. The maximum atomic E-state index is 12.6. The molecule has 3 heterocycles. The van der Waals surface area contributed by atoms with Gasteiger partial charge in [0.15, 0.2) is 5.58 Å². The lowest BCUT2D eigenvalue weighted by molar-refractivity contribution is -0.384. The first-order chi connectivity index (χ1) is 15.4. The molecule has 3 aromatic heterocycles. The number of hydrogen-bond acceptors (Lipinski definition) is 8. The molecule has 0 aliphatic rings. The molecule has 0 fully saturated rings. The molecule has 10 nitrogen and oxygen atoms in total. The van der Waals surface area contributed by atoms with E-state index < -0.39 is 4.92 Å². The van der Waals surface area contributed by atoms with E-state index in [-0.39, 0.29) is 24.0 Å². The van der Waals surface area contributed by atoms with Crippen LogP contribution in [0.25, 0.3) is 27.2 Å². The Morgan fingerprint density at radius 3 is 2.78 bits per heavy atom. The number of aromatic nitrogens is 4. The third-order valence-corrected chi connectivity index (χ3v) is 5.84. The maximum Gasteiger partial charge on any atom is 0.269 e. The number of hydrogen-bond donors (Lipinski definition) is 1. The quantitative estimate of drug-likeness (QED) is 0.313. The summed E-state index contributed by atoms with van der Waals surface area (Å²) in [5.41, 5.74) is 4.76. The summed E-state index contributed by atoms with van der Waals surface area (Å²) in [5, 5.41) is 24.7. The second-order valence-corrected chi connectivity index (χ2v) is 8.20. The number of nitrogens with one attached hydrogen (secondary N) is 1. The number of nitro groups is 1. The van der Waals surface area contributed by atoms with E-state index in [0.29, 0.717) is 16.2 Å². The van der Waals surface area contributed by atoms with Crippen molar-refractivity contribution in [2.45, 2.75) is 20.3 Å². The average Bonchev–Trinajstić information content (AvgIpc) is 3.42. The predicted octanol–water partition coefficient (Wildman–Crippen LogP) is 4.31. The van der Waals surface area contributed by atoms with Gasteiger partial charge in [0.2, 0.25) is 16.8 Å². The van der Waals surface area contributed by atoms with Gasteiger partial charge in [0.25, 0.3) is 5.69 Å². The van der Waals surface area contributed by atoms with Gasteiger partial charge in [0.05, 0.1) is 17.0 Å². The molecular weight excluding hydrogens is 432 g/mol. The van der Waals surface area contributed by atoms with Crippen molar-refractivity contribution >= 4 is 44.8 Å². The molecule has 0 bridgehead atoms. The molecule has 5 aromatic rings. The zero-order valence-electron chi connectivity index (χ0n) is 17.0. The second-order valence-electron chi connectivity index (χ2n) is 7.36. The molecule has 160 valence electrons. The second kappa shape index (κ2) is 7.54. The summed E-state index contributed by atoms with van der Waals surface area (Å²) < 4.78 is 6.98. The predicted molar refractivity (Wildman–Crippen MR) is 119 cm³/mol. The highest BCUT2D eigenvalue weighted by Gasteiger charge is 2.18. The number of amides is 1. The molecule has 0 aliphatic carbocycles. The fourth-order valence-corrected chi connectivity index (χ4v) is 4.48. The Balaban J connectivity index is 1.37. The standard InChI is InChI=1S/C21H16N6O4S/c1-11-7-12(2)19-15(25-31-17(19)8-11)9-18(28)22-20-23-21-26(24-20)16(10-32-21)13-3-5-14(6-4-13)27(29)30/h3-8,10H,9H2,1-2H3,(H,22,24,28). The zero-order valence-corrected chi connectivity index (χ0v) is 17.8. The van der Waals surface area contributed by atoms with E-state index in [0.717, 1.165) is 27.8 Å². The van der Waals surface area contributed by atoms with Crippen molar-refractivity contribution in [1.82, 2.24) is 19.8 Å². The minimum Gasteiger partial charge on any atom is -0.356 e. The molecule has 11 heteroatoms. The minimum atomic E-state index is -0.448. The largest absolute Gasteiger partial charge is 0.356 e. The first kappa shape index (κ1) is 19.8. The Morgan fingerprint density at radius 1 is 1.25 bits per heavy atom. The van der Waals surface area contributed by atoms with Gasteiger partial charge in [0.1, 0.15) is 5.69 Å². The van der Waals surface area contributed by atoms with Gasteiger partial charge in [-0.15, -0.1) is 16.4 Å². The molecule has 1 N–H and O–H groups in total. The molecular formula is C21H16N6O4S. The Hall–Kier alpha value is -4.12. The average molecular weight is 448 g/mol. The normalized spacial score (nSPS) is 11.3. The van der Waals surface area contributed by atoms with Gasteiger partial charge in [-0.2, -0.15) is 4.98 Å². The highest BCUT2D eigenvalue weighted by Crippen LogP contribution is 2.28. The summed E-state index contributed by atoms with van der Waals surface area (Å²) in [6.45, 7) is 3.93. The molecule has 0 unspecified atom stereocenters. The number of nitro benzene ring substituents is 1. The number of thiazole rings is 1. The van der Waals surface area contributed by atoms with Gasteiger partial charge in [0, 0.05) is 28.5 Å². The van der Waals surface area contributed by atoms with Crippen molar-refractivity contribution in [3.05, 3.63) is 68.7 Å². The van der Waals surface area contributed by atoms with Gasteiger partial charge < -0.3 is 4.52 Å². The molecule has 32 heavy (non-hydrogen) atoms. The smallest absolute Gasteiger partial charge is 0.269 e. The highest BCUT2D eigenvalue weighted by molar-refractivity contribution is 7.15. The van der Waals surface area contributed by atoms with Crippen molar-refractivity contribution in [3.8, 4) is 11.3 Å². The van der Waals surface area contributed by atoms with Crippen molar-refractivity contribution in [1.29, 1.82) is 0 Å². The van der Waals surface area contributed by atoms with Crippen molar-refractivity contribution in [2.24, 2.45) is 0 Å². The van der Waals surface area contributed by atoms with Crippen LogP contribution in [-0.2, 0) is 11.2 Å². The van der Waals surface area contributed by atoms with Crippen LogP contribution in [0, 0.1) is 24.0 Å². The van der Waals surface area contributed by atoms with Crippen molar-refractivity contribution < 1.29 is 14.2 Å². The van der Waals surface area contributed by atoms with E-state index in [1.807, 2.05) is 31.4 Å². The van der Waals surface area contributed by atoms with E-state index >= 15 is 0 Å². The number of rotatable bonds is 5. The van der Waals surface area contributed by atoms with Gasteiger partial charge in [-0.05, 0) is 43.2 Å². The van der Waals surface area contributed by atoms with Crippen LogP contribution in [0.1, 0.15) is 16.8 Å². The fourth-order valence-electron chi connectivity index (χ4n) is 3.65. The molecule has 5 rings (SSSR count). The highest BCUT2D eigenvalue weighted by atomic mass is 32.1. The number of carbonyl (C=O) groups is 1. The summed E-state index contributed by atoms with van der Waals surface area (Å²) in [7, 11) is 0. The third kappa shape index (κ3) is 3.48. The minimum absolute atomic E-state index is 0.0116. The Bertz CT molecular complexity index is 1500. The van der Waals surface area contributed by atoms with Crippen LogP contribution < -0.4 is 5.32 Å². The zero-order chi connectivity index (χ0) is 22.4. The van der Waals surface area contributed by atoms with E-state index in [9.17, 15) is 14.9 Å². The number of nitrogens with zero attached hydrogens (tertiary/aromatic N) is 5. The molecule has 2 aromatic carbocycles. The van der Waals surface area contributed by atoms with Crippen LogP contribution in [0.4, 0.5) is 11.6 Å². The van der Waals surface area contributed by atoms with E-state index in [1.54, 1.807) is 16.6 Å². The van der Waals surface area contributed by atoms with Crippen LogP contribution in [0.3, 0.4) is 0 Å². The molecule has 1 amide bonds. The Labute approximate surface area is 184 Å². The Kier molecular flexibility index (Phi) is 4.67. The van der Waals surface area contributed by atoms with Gasteiger partial charge in [-0.3, -0.25) is 20.2 Å². The first-order valence-electron chi connectivity index (χ1n) is 9.63. The van der Waals surface area contributed by atoms with Crippen molar-refractivity contribution in [3.63, 3.8) is 0 Å². The third-order valence-electron chi connectivity index (χ3n) is 5.02. The van der Waals surface area contributed by atoms with Crippen molar-refractivity contribution in [2.75, 3.05) is 5.32 Å². The molecule has 0 aliphatic heterocycles. The maximum absolute atomic E-state index is 12.6. The van der Waals surface area contributed by atoms with Crippen LogP contribution in [0.15, 0.2) is 46.3 Å². The summed E-state index contributed by atoms with van der Waals surface area (Å²) in [4.78, 5) is 28.0. The number of aryl methyl sites for hydroxylation is 2. The number of benzene rings is 2. The SMILES string of the molecule is Cc1cc(C)c2c(CC(=O)Nc3nc4scc(-c5ccc([N+](=O)[O-])cc5)n4n3)noc2c1.